The Hall–Kier alpha value is -2.70. The Bertz CT molecular complexity index is 1140. The van der Waals surface area contributed by atoms with Crippen molar-refractivity contribution < 1.29 is 26.5 Å². The smallest absolute Gasteiger partial charge is 0.293 e. The lowest BCUT2D eigenvalue weighted by Gasteiger charge is -2.19. The summed E-state index contributed by atoms with van der Waals surface area (Å²) in [6.45, 7) is 0.0227. The summed E-state index contributed by atoms with van der Waals surface area (Å²) in [4.78, 5) is 9.94. The first kappa shape index (κ1) is 19.1. The molecule has 144 valence electrons. The largest absolute Gasteiger partial charge is 0.497 e. The van der Waals surface area contributed by atoms with E-state index in [2.05, 4.69) is 0 Å². The number of methoxy groups -OCH3 is 1. The third-order valence-electron chi connectivity index (χ3n) is 4.16. The van der Waals surface area contributed by atoms with Gasteiger partial charge in [0.05, 0.1) is 28.7 Å². The first-order valence-electron chi connectivity index (χ1n) is 7.56. The average Bonchev–Trinajstić information content (AvgIpc) is 3.04. The molecule has 0 unspecified atom stereocenters. The number of fused-ring (bicyclic) bond motifs is 1. The summed E-state index contributed by atoms with van der Waals surface area (Å²) in [5, 5.41) is 16.4. The van der Waals surface area contributed by atoms with Crippen LogP contribution in [0.15, 0.2) is 46.2 Å². The second-order valence-corrected chi connectivity index (χ2v) is 9.15. The van der Waals surface area contributed by atoms with Gasteiger partial charge in [0.15, 0.2) is 4.90 Å². The minimum atomic E-state index is -4.25. The third kappa shape index (κ3) is 3.34. The summed E-state index contributed by atoms with van der Waals surface area (Å²) >= 11 is 0. The molecule has 12 heteroatoms. The molecule has 0 saturated carbocycles. The Labute approximate surface area is 155 Å². The molecule has 2 aromatic carbocycles. The van der Waals surface area contributed by atoms with E-state index in [-0.39, 0.29) is 29.3 Å². The lowest BCUT2D eigenvalue weighted by Crippen LogP contribution is -2.29. The zero-order valence-corrected chi connectivity index (χ0v) is 15.7. The van der Waals surface area contributed by atoms with Gasteiger partial charge >= 0.3 is 0 Å². The standard InChI is InChI=1S/C15H15N3O7S2/c1-25-11-2-5-15(14(9-11)18(19)20)27(23,24)17-7-6-10-8-12(26(16,21)22)3-4-13(10)17/h2-5,8-9H,6-7H2,1H3,(H2,16,21,22). The van der Waals surface area contributed by atoms with Gasteiger partial charge in [-0.1, -0.05) is 0 Å². The van der Waals surface area contributed by atoms with Crippen molar-refractivity contribution in [3.63, 3.8) is 0 Å². The van der Waals surface area contributed by atoms with Gasteiger partial charge < -0.3 is 4.74 Å². The summed E-state index contributed by atoms with van der Waals surface area (Å²) in [6.07, 6.45) is 0.252. The highest BCUT2D eigenvalue weighted by molar-refractivity contribution is 7.93. The van der Waals surface area contributed by atoms with E-state index < -0.39 is 35.6 Å². The van der Waals surface area contributed by atoms with Gasteiger partial charge in [-0.3, -0.25) is 14.4 Å². The van der Waals surface area contributed by atoms with Crippen molar-refractivity contribution >= 4 is 31.4 Å². The summed E-state index contributed by atoms with van der Waals surface area (Å²) in [7, 11) is -6.86. The Morgan fingerprint density at radius 1 is 1.15 bits per heavy atom. The second-order valence-electron chi connectivity index (χ2n) is 5.75. The zero-order chi connectivity index (χ0) is 20.0. The van der Waals surface area contributed by atoms with Crippen LogP contribution in [0.25, 0.3) is 0 Å². The SMILES string of the molecule is COc1ccc(S(=O)(=O)N2CCc3cc(S(N)(=O)=O)ccc32)c([N+](=O)[O-])c1. The predicted octanol–water partition coefficient (Wildman–Crippen LogP) is 1.00. The minimum Gasteiger partial charge on any atom is -0.497 e. The Kier molecular flexibility index (Phi) is 4.57. The number of primary sulfonamides is 1. The Morgan fingerprint density at radius 3 is 2.44 bits per heavy atom. The highest BCUT2D eigenvalue weighted by Gasteiger charge is 2.36. The van der Waals surface area contributed by atoms with Crippen LogP contribution >= 0.6 is 0 Å². The second kappa shape index (κ2) is 6.48. The maximum absolute atomic E-state index is 13.0. The molecule has 0 fully saturated rings. The van der Waals surface area contributed by atoms with Crippen LogP contribution < -0.4 is 14.2 Å². The van der Waals surface area contributed by atoms with Crippen molar-refractivity contribution in [1.82, 2.24) is 0 Å². The molecule has 10 nitrogen and oxygen atoms in total. The summed E-state index contributed by atoms with van der Waals surface area (Å²) in [5.74, 6) is 0.153. The lowest BCUT2D eigenvalue weighted by atomic mass is 10.2. The van der Waals surface area contributed by atoms with E-state index in [9.17, 15) is 26.9 Å². The van der Waals surface area contributed by atoms with Crippen LogP contribution in [0.2, 0.25) is 0 Å². The highest BCUT2D eigenvalue weighted by Crippen LogP contribution is 2.37. The molecule has 0 spiro atoms. The van der Waals surface area contributed by atoms with E-state index in [1.807, 2.05) is 0 Å². The van der Waals surface area contributed by atoms with E-state index in [1.54, 1.807) is 0 Å². The van der Waals surface area contributed by atoms with Crippen LogP contribution in [-0.2, 0) is 26.5 Å². The van der Waals surface area contributed by atoms with Gasteiger partial charge in [-0.15, -0.1) is 0 Å². The fraction of sp³-hybridized carbons (Fsp3) is 0.200. The van der Waals surface area contributed by atoms with Crippen molar-refractivity contribution in [1.29, 1.82) is 0 Å². The molecule has 0 saturated heterocycles. The number of benzene rings is 2. The fourth-order valence-corrected chi connectivity index (χ4v) is 5.09. The number of hydrogen-bond donors (Lipinski definition) is 1. The summed E-state index contributed by atoms with van der Waals surface area (Å²) < 4.78 is 55.0. The molecule has 0 atom stereocenters. The van der Waals surface area contributed by atoms with Crippen LogP contribution in [0.3, 0.4) is 0 Å². The van der Waals surface area contributed by atoms with E-state index in [0.717, 1.165) is 16.4 Å². The quantitative estimate of drug-likeness (QED) is 0.567. The maximum Gasteiger partial charge on any atom is 0.293 e. The first-order chi connectivity index (χ1) is 12.6. The highest BCUT2D eigenvalue weighted by atomic mass is 32.2. The van der Waals surface area contributed by atoms with E-state index >= 15 is 0 Å². The van der Waals surface area contributed by atoms with Gasteiger partial charge in [0, 0.05) is 6.54 Å². The molecule has 0 aliphatic carbocycles. The summed E-state index contributed by atoms with van der Waals surface area (Å²) in [5.41, 5.74) is 0.123. The van der Waals surface area contributed by atoms with Crippen molar-refractivity contribution in [2.45, 2.75) is 16.2 Å². The number of sulfonamides is 2. The van der Waals surface area contributed by atoms with Crippen molar-refractivity contribution in [3.05, 3.63) is 52.1 Å². The molecule has 0 amide bonds. The molecular formula is C15H15N3O7S2. The van der Waals surface area contributed by atoms with Gasteiger partial charge in [-0.2, -0.15) is 0 Å². The fourth-order valence-electron chi connectivity index (χ4n) is 2.88. The van der Waals surface area contributed by atoms with Gasteiger partial charge in [0.2, 0.25) is 10.0 Å². The zero-order valence-electron chi connectivity index (χ0n) is 14.0. The normalized spacial score (nSPS) is 14.1. The number of ether oxygens (including phenoxy) is 1. The lowest BCUT2D eigenvalue weighted by molar-refractivity contribution is -0.387. The molecule has 1 aliphatic rings. The molecular weight excluding hydrogens is 398 g/mol. The monoisotopic (exact) mass is 413 g/mol. The third-order valence-corrected chi connectivity index (χ3v) is 6.93. The number of anilines is 1. The van der Waals surface area contributed by atoms with Crippen molar-refractivity contribution in [3.8, 4) is 5.75 Å². The number of hydrogen-bond acceptors (Lipinski definition) is 7. The summed E-state index contributed by atoms with van der Waals surface area (Å²) in [6, 6.07) is 7.31. The van der Waals surface area contributed by atoms with E-state index in [1.165, 1.54) is 31.4 Å². The van der Waals surface area contributed by atoms with Crippen LogP contribution in [0, 0.1) is 10.1 Å². The molecule has 0 bridgehead atoms. The number of nitrogens with zero attached hydrogens (tertiary/aromatic N) is 2. The van der Waals surface area contributed by atoms with Gasteiger partial charge in [0.25, 0.3) is 15.7 Å². The van der Waals surface area contributed by atoms with Crippen molar-refractivity contribution in [2.75, 3.05) is 18.0 Å². The molecule has 2 N–H and O–H groups in total. The molecule has 3 rings (SSSR count). The Balaban J connectivity index is 2.11. The molecule has 1 aliphatic heterocycles. The minimum absolute atomic E-state index is 0.0227. The van der Waals surface area contributed by atoms with Crippen LogP contribution in [-0.4, -0.2) is 35.4 Å². The van der Waals surface area contributed by atoms with Gasteiger partial charge in [-0.05, 0) is 42.3 Å². The Morgan fingerprint density at radius 2 is 1.85 bits per heavy atom. The molecule has 0 radical (unpaired) electrons. The molecule has 1 heterocycles. The van der Waals surface area contributed by atoms with Crippen LogP contribution in [0.5, 0.6) is 5.75 Å². The number of nitro benzene ring substituents is 1. The molecule has 0 aromatic heterocycles. The number of rotatable bonds is 5. The van der Waals surface area contributed by atoms with E-state index in [0.29, 0.717) is 5.56 Å². The molecule has 2 aromatic rings. The molecule has 27 heavy (non-hydrogen) atoms. The predicted molar refractivity (Wildman–Crippen MR) is 95.7 cm³/mol. The number of nitrogens with two attached hydrogens (primary N) is 1. The van der Waals surface area contributed by atoms with Gasteiger partial charge in [-0.25, -0.2) is 22.0 Å². The van der Waals surface area contributed by atoms with Gasteiger partial charge in [0.1, 0.15) is 5.75 Å². The number of nitro groups is 1. The van der Waals surface area contributed by atoms with Crippen molar-refractivity contribution in [2.24, 2.45) is 5.14 Å². The van der Waals surface area contributed by atoms with E-state index in [4.69, 9.17) is 9.88 Å². The van der Waals surface area contributed by atoms with Crippen LogP contribution in [0.1, 0.15) is 5.56 Å². The first-order valence-corrected chi connectivity index (χ1v) is 10.6. The maximum atomic E-state index is 13.0. The van der Waals surface area contributed by atoms with Crippen LogP contribution in [0.4, 0.5) is 11.4 Å². The topological polar surface area (TPSA) is 150 Å². The average molecular weight is 413 g/mol.